The van der Waals surface area contributed by atoms with E-state index in [1.807, 2.05) is 88.4 Å². The molecule has 2 unspecified atom stereocenters. The molecule has 32 heavy (non-hydrogen) atoms. The fourth-order valence-corrected chi connectivity index (χ4v) is 3.98. The summed E-state index contributed by atoms with van der Waals surface area (Å²) in [6.45, 7) is 9.13. The first kappa shape index (κ1) is 21.7. The number of rotatable bonds is 3. The standard InChI is InChI=1S/C26H28N2O4/c1-16-23(29)27-21-15-18(13-14-22(21)31-16)26(5,28-24(30)32-25(2,3)4)20-12-8-10-17-9-6-7-11-19(17)20/h6-16H,1-5H3,(H,27,29)(H,28,30). The highest BCUT2D eigenvalue weighted by Crippen LogP contribution is 2.39. The zero-order valence-electron chi connectivity index (χ0n) is 19.0. The van der Waals surface area contributed by atoms with Crippen LogP contribution in [0.2, 0.25) is 0 Å². The van der Waals surface area contributed by atoms with Gasteiger partial charge in [-0.15, -0.1) is 0 Å². The van der Waals surface area contributed by atoms with Crippen LogP contribution in [0.3, 0.4) is 0 Å². The van der Waals surface area contributed by atoms with Crippen LogP contribution in [-0.2, 0) is 15.1 Å². The summed E-state index contributed by atoms with van der Waals surface area (Å²) in [6.07, 6.45) is -1.09. The molecule has 4 rings (SSSR count). The van der Waals surface area contributed by atoms with Crippen molar-refractivity contribution in [2.45, 2.75) is 51.9 Å². The van der Waals surface area contributed by atoms with Gasteiger partial charge < -0.3 is 20.1 Å². The molecule has 6 nitrogen and oxygen atoms in total. The van der Waals surface area contributed by atoms with Crippen LogP contribution in [0.25, 0.3) is 10.8 Å². The van der Waals surface area contributed by atoms with Crippen molar-refractivity contribution < 1.29 is 19.1 Å². The monoisotopic (exact) mass is 432 g/mol. The van der Waals surface area contributed by atoms with Crippen LogP contribution in [-0.4, -0.2) is 23.7 Å². The largest absolute Gasteiger partial charge is 0.479 e. The predicted octanol–water partition coefficient (Wildman–Crippen LogP) is 5.35. The number of amides is 2. The van der Waals surface area contributed by atoms with Crippen LogP contribution < -0.4 is 15.4 Å². The Balaban J connectivity index is 1.86. The van der Waals surface area contributed by atoms with Gasteiger partial charge in [0.1, 0.15) is 11.4 Å². The zero-order valence-corrected chi connectivity index (χ0v) is 19.0. The number of anilines is 1. The van der Waals surface area contributed by atoms with E-state index in [1.165, 1.54) is 0 Å². The van der Waals surface area contributed by atoms with E-state index in [-0.39, 0.29) is 5.91 Å². The molecule has 6 heteroatoms. The Hall–Kier alpha value is -3.54. The topological polar surface area (TPSA) is 76.7 Å². The highest BCUT2D eigenvalue weighted by molar-refractivity contribution is 5.97. The number of carbonyl (C=O) groups excluding carboxylic acids is 2. The molecule has 0 fully saturated rings. The molecule has 0 saturated heterocycles. The van der Waals surface area contributed by atoms with E-state index in [0.29, 0.717) is 11.4 Å². The Morgan fingerprint density at radius 1 is 1.03 bits per heavy atom. The molecule has 166 valence electrons. The third-order valence-electron chi connectivity index (χ3n) is 5.57. The lowest BCUT2D eigenvalue weighted by Crippen LogP contribution is -2.46. The molecule has 1 aliphatic rings. The van der Waals surface area contributed by atoms with Crippen molar-refractivity contribution in [1.82, 2.24) is 5.32 Å². The van der Waals surface area contributed by atoms with E-state index in [1.54, 1.807) is 6.92 Å². The summed E-state index contributed by atoms with van der Waals surface area (Å²) in [5.74, 6) is 0.389. The maximum atomic E-state index is 12.9. The number of hydrogen-bond acceptors (Lipinski definition) is 4. The number of nitrogens with one attached hydrogen (secondary N) is 2. The van der Waals surface area contributed by atoms with E-state index in [9.17, 15) is 9.59 Å². The molecule has 0 bridgehead atoms. The second-order valence-corrected chi connectivity index (χ2v) is 9.24. The molecule has 1 aliphatic heterocycles. The van der Waals surface area contributed by atoms with Crippen molar-refractivity contribution in [1.29, 1.82) is 0 Å². The molecular weight excluding hydrogens is 404 g/mol. The summed E-state index contributed by atoms with van der Waals surface area (Å²) in [6, 6.07) is 19.6. The van der Waals surface area contributed by atoms with Gasteiger partial charge in [0.15, 0.2) is 6.10 Å². The lowest BCUT2D eigenvalue weighted by atomic mass is 9.81. The lowest BCUT2D eigenvalue weighted by molar-refractivity contribution is -0.122. The first-order valence-electron chi connectivity index (χ1n) is 10.7. The van der Waals surface area contributed by atoms with Gasteiger partial charge in [0, 0.05) is 0 Å². The van der Waals surface area contributed by atoms with Crippen LogP contribution in [0.15, 0.2) is 60.7 Å². The number of hydrogen-bond donors (Lipinski definition) is 2. The summed E-state index contributed by atoms with van der Waals surface area (Å²) in [7, 11) is 0. The summed E-state index contributed by atoms with van der Waals surface area (Å²) in [4.78, 5) is 25.1. The quantitative estimate of drug-likeness (QED) is 0.585. The Morgan fingerprint density at radius 3 is 2.50 bits per heavy atom. The third kappa shape index (κ3) is 4.13. The normalized spacial score (nSPS) is 17.5. The van der Waals surface area contributed by atoms with Gasteiger partial charge in [-0.05, 0) is 68.7 Å². The summed E-state index contributed by atoms with van der Waals surface area (Å²) >= 11 is 0. The van der Waals surface area contributed by atoms with Crippen LogP contribution in [0, 0.1) is 0 Å². The van der Waals surface area contributed by atoms with Crippen LogP contribution in [0.5, 0.6) is 5.75 Å². The molecule has 0 spiro atoms. The fraction of sp³-hybridized carbons (Fsp3) is 0.308. The van der Waals surface area contributed by atoms with Crippen molar-refractivity contribution in [3.63, 3.8) is 0 Å². The minimum Gasteiger partial charge on any atom is -0.479 e. The van der Waals surface area contributed by atoms with Crippen molar-refractivity contribution in [3.8, 4) is 5.75 Å². The smallest absolute Gasteiger partial charge is 0.408 e. The molecule has 3 aromatic carbocycles. The molecule has 3 aromatic rings. The van der Waals surface area contributed by atoms with Gasteiger partial charge in [-0.1, -0.05) is 48.5 Å². The Bertz CT molecular complexity index is 1190. The predicted molar refractivity (Wildman–Crippen MR) is 125 cm³/mol. The number of fused-ring (bicyclic) bond motifs is 2. The Labute approximate surface area is 187 Å². The molecule has 0 aliphatic carbocycles. The van der Waals surface area contributed by atoms with Gasteiger partial charge in [0.25, 0.3) is 5.91 Å². The minimum atomic E-state index is -0.938. The molecule has 2 amide bonds. The van der Waals surface area contributed by atoms with Crippen molar-refractivity contribution in [3.05, 3.63) is 71.8 Å². The highest BCUT2D eigenvalue weighted by Gasteiger charge is 2.35. The van der Waals surface area contributed by atoms with Crippen molar-refractivity contribution >= 4 is 28.5 Å². The van der Waals surface area contributed by atoms with Gasteiger partial charge in [-0.2, -0.15) is 0 Å². The summed E-state index contributed by atoms with van der Waals surface area (Å²) in [5, 5.41) is 8.06. The molecule has 1 heterocycles. The van der Waals surface area contributed by atoms with Crippen LogP contribution in [0.4, 0.5) is 10.5 Å². The fourth-order valence-electron chi connectivity index (χ4n) is 3.98. The SMILES string of the molecule is CC1Oc2ccc(C(C)(NC(=O)OC(C)(C)C)c3cccc4ccccc34)cc2NC1=O. The number of ether oxygens (including phenoxy) is 2. The van der Waals surface area contributed by atoms with Crippen LogP contribution in [0.1, 0.15) is 45.7 Å². The number of alkyl carbamates (subject to hydrolysis) is 1. The van der Waals surface area contributed by atoms with E-state index < -0.39 is 23.3 Å². The lowest BCUT2D eigenvalue weighted by Gasteiger charge is -2.35. The maximum absolute atomic E-state index is 12.9. The number of carbonyl (C=O) groups is 2. The number of benzene rings is 3. The minimum absolute atomic E-state index is 0.207. The molecular formula is C26H28N2O4. The van der Waals surface area contributed by atoms with Gasteiger partial charge >= 0.3 is 6.09 Å². The third-order valence-corrected chi connectivity index (χ3v) is 5.57. The van der Waals surface area contributed by atoms with Crippen molar-refractivity contribution in [2.24, 2.45) is 0 Å². The first-order valence-corrected chi connectivity index (χ1v) is 10.7. The zero-order chi connectivity index (χ0) is 23.1. The van der Waals surface area contributed by atoms with E-state index in [2.05, 4.69) is 10.6 Å². The average Bonchev–Trinajstić information content (AvgIpc) is 2.72. The van der Waals surface area contributed by atoms with E-state index >= 15 is 0 Å². The first-order chi connectivity index (χ1) is 15.1. The Kier molecular flexibility index (Phi) is 5.33. The van der Waals surface area contributed by atoms with Gasteiger partial charge in [-0.3, -0.25) is 4.79 Å². The van der Waals surface area contributed by atoms with E-state index in [4.69, 9.17) is 9.47 Å². The Morgan fingerprint density at radius 2 is 1.75 bits per heavy atom. The second-order valence-electron chi connectivity index (χ2n) is 9.24. The van der Waals surface area contributed by atoms with Gasteiger partial charge in [0.2, 0.25) is 0 Å². The molecule has 0 saturated carbocycles. The molecule has 0 radical (unpaired) electrons. The van der Waals surface area contributed by atoms with Crippen LogP contribution >= 0.6 is 0 Å². The maximum Gasteiger partial charge on any atom is 0.408 e. The molecule has 0 aromatic heterocycles. The van der Waals surface area contributed by atoms with E-state index in [0.717, 1.165) is 21.9 Å². The average molecular weight is 433 g/mol. The van der Waals surface area contributed by atoms with Gasteiger partial charge in [0.05, 0.1) is 11.2 Å². The second kappa shape index (κ2) is 7.86. The van der Waals surface area contributed by atoms with Gasteiger partial charge in [-0.25, -0.2) is 4.79 Å². The summed E-state index contributed by atoms with van der Waals surface area (Å²) in [5.41, 5.74) is 0.696. The highest BCUT2D eigenvalue weighted by atomic mass is 16.6. The summed E-state index contributed by atoms with van der Waals surface area (Å²) < 4.78 is 11.3. The van der Waals surface area contributed by atoms with Crippen molar-refractivity contribution in [2.75, 3.05) is 5.32 Å². The molecule has 2 atom stereocenters. The molecule has 2 N–H and O–H groups in total.